The number of piperazine rings is 1. The van der Waals surface area contributed by atoms with E-state index in [0.717, 1.165) is 65.8 Å². The van der Waals surface area contributed by atoms with Crippen LogP contribution >= 0.6 is 11.8 Å². The fraction of sp³-hybridized carbons (Fsp3) is 0.440. The normalized spacial score (nSPS) is 16.3. The van der Waals surface area contributed by atoms with Crippen LogP contribution in [0.3, 0.4) is 0 Å². The van der Waals surface area contributed by atoms with Gasteiger partial charge in [0.05, 0.1) is 0 Å². The van der Waals surface area contributed by atoms with E-state index < -0.39 is 0 Å². The van der Waals surface area contributed by atoms with Crippen molar-refractivity contribution < 1.29 is 4.79 Å². The number of anilines is 4. The van der Waals surface area contributed by atoms with Crippen LogP contribution in [-0.4, -0.2) is 63.7 Å². The number of benzene rings is 1. The third kappa shape index (κ3) is 6.52. The summed E-state index contributed by atoms with van der Waals surface area (Å²) in [5.74, 6) is 3.29. The summed E-state index contributed by atoms with van der Waals surface area (Å²) < 4.78 is 0. The van der Waals surface area contributed by atoms with Gasteiger partial charge in [-0.15, -0.1) is 0 Å². The molecule has 10 heteroatoms. The smallest absolute Gasteiger partial charge is 0.224 e. The van der Waals surface area contributed by atoms with E-state index in [1.54, 1.807) is 0 Å². The minimum atomic E-state index is 0.00276. The average Bonchev–Trinajstić information content (AvgIpc) is 3.59. The molecular weight excluding hydrogens is 460 g/mol. The second-order valence-electron chi connectivity index (χ2n) is 9.21. The molecule has 2 aromatic heterocycles. The minimum absolute atomic E-state index is 0.00276. The van der Waals surface area contributed by atoms with Crippen LogP contribution in [0.2, 0.25) is 0 Å². The maximum absolute atomic E-state index is 11.7. The Morgan fingerprint density at radius 3 is 2.51 bits per heavy atom. The Morgan fingerprint density at radius 2 is 1.86 bits per heavy atom. The predicted molar refractivity (Wildman–Crippen MR) is 140 cm³/mol. The zero-order chi connectivity index (χ0) is 24.2. The molecule has 2 aliphatic rings. The lowest BCUT2D eigenvalue weighted by Gasteiger charge is -2.35. The highest BCUT2D eigenvalue weighted by atomic mass is 32.2. The third-order valence-corrected chi connectivity index (χ3v) is 7.11. The van der Waals surface area contributed by atoms with Crippen LogP contribution in [0.4, 0.5) is 23.1 Å². The van der Waals surface area contributed by atoms with Crippen molar-refractivity contribution >= 4 is 40.8 Å². The number of aromatic nitrogens is 4. The van der Waals surface area contributed by atoms with Crippen LogP contribution < -0.4 is 15.5 Å². The van der Waals surface area contributed by atoms with Crippen molar-refractivity contribution in [3.63, 3.8) is 0 Å². The number of aryl methyl sites for hydroxylation is 1. The third-order valence-electron chi connectivity index (χ3n) is 6.23. The van der Waals surface area contributed by atoms with Crippen molar-refractivity contribution in [2.45, 2.75) is 43.2 Å². The number of hydrogen-bond acceptors (Lipinski definition) is 8. The minimum Gasteiger partial charge on any atom is -0.354 e. The SMILES string of the molecule is CCC(=O)Nc1ccc(Sc2nc(Nc3cc(C)[nH]n3)cc(N3CCN(CC4CC4)CC3)n2)cc1. The van der Waals surface area contributed by atoms with Crippen LogP contribution in [0, 0.1) is 12.8 Å². The molecule has 5 rings (SSSR count). The zero-order valence-electron chi connectivity index (χ0n) is 20.3. The molecule has 35 heavy (non-hydrogen) atoms. The van der Waals surface area contributed by atoms with Gasteiger partial charge in [0.1, 0.15) is 11.6 Å². The maximum Gasteiger partial charge on any atom is 0.224 e. The van der Waals surface area contributed by atoms with E-state index in [9.17, 15) is 4.79 Å². The molecular formula is C25H32N8OS. The zero-order valence-corrected chi connectivity index (χ0v) is 21.1. The van der Waals surface area contributed by atoms with Gasteiger partial charge in [0.2, 0.25) is 5.91 Å². The first-order valence-corrected chi connectivity index (χ1v) is 13.1. The van der Waals surface area contributed by atoms with Gasteiger partial charge < -0.3 is 15.5 Å². The number of nitrogens with one attached hydrogen (secondary N) is 3. The van der Waals surface area contributed by atoms with Crippen molar-refractivity contribution in [3.05, 3.63) is 42.1 Å². The van der Waals surface area contributed by atoms with E-state index in [2.05, 4.69) is 30.6 Å². The molecule has 2 fully saturated rings. The second kappa shape index (κ2) is 10.7. The quantitative estimate of drug-likeness (QED) is 0.381. The number of carbonyl (C=O) groups is 1. The van der Waals surface area contributed by atoms with Crippen LogP contribution in [-0.2, 0) is 4.79 Å². The first kappa shape index (κ1) is 23.6. The Labute approximate surface area is 210 Å². The first-order valence-electron chi connectivity index (χ1n) is 12.3. The summed E-state index contributed by atoms with van der Waals surface area (Å²) in [5.41, 5.74) is 1.77. The highest BCUT2D eigenvalue weighted by Crippen LogP contribution is 2.32. The first-order chi connectivity index (χ1) is 17.0. The molecule has 0 spiro atoms. The molecule has 0 radical (unpaired) electrons. The number of nitrogens with zero attached hydrogens (tertiary/aromatic N) is 5. The summed E-state index contributed by atoms with van der Waals surface area (Å²) in [7, 11) is 0. The summed E-state index contributed by atoms with van der Waals surface area (Å²) in [4.78, 5) is 27.2. The number of carbonyl (C=O) groups excluding carboxylic acids is 1. The van der Waals surface area contributed by atoms with Gasteiger partial charge in [-0.1, -0.05) is 6.92 Å². The lowest BCUT2D eigenvalue weighted by Crippen LogP contribution is -2.47. The van der Waals surface area contributed by atoms with Gasteiger partial charge in [-0.05, 0) is 61.7 Å². The summed E-state index contributed by atoms with van der Waals surface area (Å²) in [5, 5.41) is 14.1. The van der Waals surface area contributed by atoms with E-state index in [1.165, 1.54) is 31.1 Å². The van der Waals surface area contributed by atoms with E-state index in [-0.39, 0.29) is 5.91 Å². The van der Waals surface area contributed by atoms with E-state index >= 15 is 0 Å². The largest absolute Gasteiger partial charge is 0.354 e. The molecule has 0 unspecified atom stereocenters. The van der Waals surface area contributed by atoms with Gasteiger partial charge in [-0.3, -0.25) is 14.8 Å². The van der Waals surface area contributed by atoms with Crippen molar-refractivity contribution in [1.29, 1.82) is 0 Å². The standard InChI is InChI=1S/C25H32N8OS/c1-3-24(34)26-19-6-8-20(9-7-19)35-25-28-21(27-22-14-17(2)30-31-22)15-23(29-25)33-12-10-32(11-13-33)16-18-4-5-18/h6-9,14-15,18H,3-5,10-13,16H2,1-2H3,(H,26,34)(H2,27,28,29,30,31). The molecule has 1 saturated heterocycles. The Bertz CT molecular complexity index is 1150. The summed E-state index contributed by atoms with van der Waals surface area (Å²) in [6.07, 6.45) is 3.23. The summed E-state index contributed by atoms with van der Waals surface area (Å²) >= 11 is 1.51. The van der Waals surface area contributed by atoms with Crippen molar-refractivity contribution in [1.82, 2.24) is 25.1 Å². The number of hydrogen-bond donors (Lipinski definition) is 3. The van der Waals surface area contributed by atoms with Crippen molar-refractivity contribution in [3.8, 4) is 0 Å². The Morgan fingerprint density at radius 1 is 1.09 bits per heavy atom. The second-order valence-corrected chi connectivity index (χ2v) is 10.3. The molecule has 3 aromatic rings. The molecule has 3 heterocycles. The van der Waals surface area contributed by atoms with E-state index in [4.69, 9.17) is 9.97 Å². The van der Waals surface area contributed by atoms with Gasteiger partial charge in [0.25, 0.3) is 0 Å². The Hall–Kier alpha value is -3.11. The van der Waals surface area contributed by atoms with E-state index in [1.807, 2.05) is 50.2 Å². The van der Waals surface area contributed by atoms with Crippen LogP contribution in [0.1, 0.15) is 31.9 Å². The molecule has 1 amide bonds. The number of aromatic amines is 1. The van der Waals surface area contributed by atoms with Gasteiger partial charge >= 0.3 is 0 Å². The molecule has 1 saturated carbocycles. The fourth-order valence-corrected chi connectivity index (χ4v) is 4.85. The van der Waals surface area contributed by atoms with Crippen LogP contribution in [0.15, 0.2) is 46.5 Å². The monoisotopic (exact) mass is 492 g/mol. The van der Waals surface area contributed by atoms with Gasteiger partial charge in [0.15, 0.2) is 11.0 Å². The molecule has 0 atom stereocenters. The molecule has 1 aromatic carbocycles. The lowest BCUT2D eigenvalue weighted by atomic mass is 10.2. The number of H-pyrrole nitrogens is 1. The lowest BCUT2D eigenvalue weighted by molar-refractivity contribution is -0.115. The highest BCUT2D eigenvalue weighted by molar-refractivity contribution is 7.99. The number of rotatable bonds is 9. The molecule has 3 N–H and O–H groups in total. The topological polar surface area (TPSA) is 102 Å². The fourth-order valence-electron chi connectivity index (χ4n) is 4.08. The molecule has 184 valence electrons. The van der Waals surface area contributed by atoms with Gasteiger partial charge in [0, 0.05) is 67.6 Å². The van der Waals surface area contributed by atoms with Gasteiger partial charge in [-0.25, -0.2) is 9.97 Å². The van der Waals surface area contributed by atoms with Crippen molar-refractivity contribution in [2.24, 2.45) is 5.92 Å². The molecule has 9 nitrogen and oxygen atoms in total. The van der Waals surface area contributed by atoms with Crippen LogP contribution in [0.25, 0.3) is 0 Å². The molecule has 0 bridgehead atoms. The molecule has 1 aliphatic carbocycles. The summed E-state index contributed by atoms with van der Waals surface area (Å²) in [6, 6.07) is 11.7. The molecule has 1 aliphatic heterocycles. The number of amides is 1. The maximum atomic E-state index is 11.7. The van der Waals surface area contributed by atoms with E-state index in [0.29, 0.717) is 11.6 Å². The summed E-state index contributed by atoms with van der Waals surface area (Å²) in [6.45, 7) is 9.09. The average molecular weight is 493 g/mol. The van der Waals surface area contributed by atoms with Crippen LogP contribution in [0.5, 0.6) is 0 Å². The van der Waals surface area contributed by atoms with Crippen molar-refractivity contribution in [2.75, 3.05) is 48.3 Å². The Balaban J connectivity index is 1.33. The van der Waals surface area contributed by atoms with Gasteiger partial charge in [-0.2, -0.15) is 5.10 Å². The Kier molecular flexibility index (Phi) is 7.19. The predicted octanol–water partition coefficient (Wildman–Crippen LogP) is 4.28. The highest BCUT2D eigenvalue weighted by Gasteiger charge is 2.27.